The van der Waals surface area contributed by atoms with Crippen molar-refractivity contribution in [2.45, 2.75) is 25.8 Å². The van der Waals surface area contributed by atoms with Gasteiger partial charge in [0.2, 0.25) is 5.91 Å². The van der Waals surface area contributed by atoms with Crippen molar-refractivity contribution in [3.63, 3.8) is 0 Å². The lowest BCUT2D eigenvalue weighted by atomic mass is 10.1. The van der Waals surface area contributed by atoms with Crippen LogP contribution in [0.15, 0.2) is 0 Å². The maximum absolute atomic E-state index is 12.1. The number of hydrogen-bond acceptors (Lipinski definition) is 4. The van der Waals surface area contributed by atoms with Crippen molar-refractivity contribution in [3.8, 4) is 0 Å². The first-order valence-corrected chi connectivity index (χ1v) is 6.54. The third kappa shape index (κ3) is 2.86. The molecule has 0 spiro atoms. The van der Waals surface area contributed by atoms with E-state index in [4.69, 9.17) is 0 Å². The number of carbonyl (C=O) groups excluding carboxylic acids is 3. The number of amides is 4. The molecule has 106 valence electrons. The molecule has 2 saturated heterocycles. The van der Waals surface area contributed by atoms with Crippen LogP contribution in [-0.2, 0) is 9.59 Å². The van der Waals surface area contributed by atoms with Gasteiger partial charge < -0.3 is 15.5 Å². The Morgan fingerprint density at radius 1 is 1.26 bits per heavy atom. The molecule has 0 aromatic heterocycles. The fraction of sp³-hybridized carbons (Fsp3) is 0.750. The first-order chi connectivity index (χ1) is 8.92. The molecule has 2 rings (SSSR count). The summed E-state index contributed by atoms with van der Waals surface area (Å²) in [4.78, 5) is 38.5. The molecule has 2 heterocycles. The van der Waals surface area contributed by atoms with Crippen molar-refractivity contribution in [3.05, 3.63) is 0 Å². The normalized spacial score (nSPS) is 23.3. The summed E-state index contributed by atoms with van der Waals surface area (Å²) in [6.07, 6.45) is 0.886. The molecule has 2 fully saturated rings. The van der Waals surface area contributed by atoms with Crippen LogP contribution in [0, 0.1) is 0 Å². The summed E-state index contributed by atoms with van der Waals surface area (Å²) < 4.78 is 0. The zero-order chi connectivity index (χ0) is 14.0. The van der Waals surface area contributed by atoms with E-state index in [1.165, 1.54) is 0 Å². The lowest BCUT2D eigenvalue weighted by Gasteiger charge is -2.22. The number of imide groups is 1. The second kappa shape index (κ2) is 5.16. The fourth-order valence-electron chi connectivity index (χ4n) is 2.29. The van der Waals surface area contributed by atoms with Crippen molar-refractivity contribution in [1.82, 2.24) is 20.4 Å². The molecule has 0 bridgehead atoms. The highest BCUT2D eigenvalue weighted by Gasteiger charge is 2.45. The van der Waals surface area contributed by atoms with Gasteiger partial charge in [0, 0.05) is 19.6 Å². The fourth-order valence-corrected chi connectivity index (χ4v) is 2.29. The van der Waals surface area contributed by atoms with E-state index < -0.39 is 11.6 Å². The van der Waals surface area contributed by atoms with Gasteiger partial charge in [0.25, 0.3) is 5.91 Å². The Hall–Kier alpha value is -1.63. The van der Waals surface area contributed by atoms with Crippen molar-refractivity contribution in [2.24, 2.45) is 0 Å². The van der Waals surface area contributed by atoms with Gasteiger partial charge in [0.05, 0.1) is 0 Å². The van der Waals surface area contributed by atoms with E-state index in [9.17, 15) is 14.4 Å². The molecule has 19 heavy (non-hydrogen) atoms. The molecule has 4 amide bonds. The van der Waals surface area contributed by atoms with E-state index >= 15 is 0 Å². The van der Waals surface area contributed by atoms with Gasteiger partial charge in [-0.3, -0.25) is 14.5 Å². The van der Waals surface area contributed by atoms with Crippen molar-refractivity contribution < 1.29 is 14.4 Å². The van der Waals surface area contributed by atoms with Gasteiger partial charge in [0.15, 0.2) is 0 Å². The Morgan fingerprint density at radius 3 is 2.63 bits per heavy atom. The van der Waals surface area contributed by atoms with E-state index in [0.717, 1.165) is 24.4 Å². The summed E-state index contributed by atoms with van der Waals surface area (Å²) in [6, 6.07) is -0.490. The molecule has 0 radical (unpaired) electrons. The lowest BCUT2D eigenvalue weighted by molar-refractivity contribution is -0.138. The van der Waals surface area contributed by atoms with E-state index in [2.05, 4.69) is 10.6 Å². The molecule has 0 unspecified atom stereocenters. The summed E-state index contributed by atoms with van der Waals surface area (Å²) in [5.41, 5.74) is -0.919. The number of rotatable bonds is 2. The zero-order valence-corrected chi connectivity index (χ0v) is 11.4. The Bertz CT molecular complexity index is 400. The minimum Gasteiger partial charge on any atom is -0.340 e. The van der Waals surface area contributed by atoms with Crippen LogP contribution in [0.25, 0.3) is 0 Å². The summed E-state index contributed by atoms with van der Waals surface area (Å²) in [5, 5.41) is 5.77. The van der Waals surface area contributed by atoms with Crippen LogP contribution in [0.3, 0.4) is 0 Å². The summed E-state index contributed by atoms with van der Waals surface area (Å²) in [7, 11) is 0. The molecule has 0 atom stereocenters. The summed E-state index contributed by atoms with van der Waals surface area (Å²) in [6.45, 7) is 6.01. The average molecular weight is 268 g/mol. The molecule has 7 heteroatoms. The predicted molar refractivity (Wildman–Crippen MR) is 68.4 cm³/mol. The van der Waals surface area contributed by atoms with E-state index in [-0.39, 0.29) is 18.4 Å². The number of carbonyl (C=O) groups is 3. The van der Waals surface area contributed by atoms with E-state index in [0.29, 0.717) is 13.1 Å². The molecular weight excluding hydrogens is 248 g/mol. The first-order valence-electron chi connectivity index (χ1n) is 6.54. The topological polar surface area (TPSA) is 81.8 Å². The maximum Gasteiger partial charge on any atom is 0.325 e. The van der Waals surface area contributed by atoms with Gasteiger partial charge >= 0.3 is 6.03 Å². The standard InChI is InChI=1S/C12H20N4O3/c1-12(2)10(18)16(11(19)14-12)8-9(17)15-6-3-4-13-5-7-15/h13H,3-8H2,1-2H3,(H,14,19). The van der Waals surface area contributed by atoms with Crippen LogP contribution in [0.2, 0.25) is 0 Å². The molecule has 2 N–H and O–H groups in total. The monoisotopic (exact) mass is 268 g/mol. The quantitative estimate of drug-likeness (QED) is 0.638. The maximum atomic E-state index is 12.1. The Labute approximate surface area is 112 Å². The highest BCUT2D eigenvalue weighted by Crippen LogP contribution is 2.16. The van der Waals surface area contributed by atoms with Crippen LogP contribution in [-0.4, -0.2) is 65.9 Å². The highest BCUT2D eigenvalue weighted by molar-refractivity contribution is 6.08. The van der Waals surface area contributed by atoms with Gasteiger partial charge in [-0.1, -0.05) is 0 Å². The minimum atomic E-state index is -0.919. The SMILES string of the molecule is CC1(C)NC(=O)N(CC(=O)N2CCCNCC2)C1=O. The van der Waals surface area contributed by atoms with Gasteiger partial charge in [-0.2, -0.15) is 0 Å². The Morgan fingerprint density at radius 2 is 2.00 bits per heavy atom. The summed E-state index contributed by atoms with van der Waals surface area (Å²) >= 11 is 0. The molecular formula is C12H20N4O3. The Kier molecular flexibility index (Phi) is 3.75. The second-order valence-corrected chi connectivity index (χ2v) is 5.43. The summed E-state index contributed by atoms with van der Waals surface area (Å²) in [5.74, 6) is -0.524. The molecule has 2 aliphatic heterocycles. The van der Waals surface area contributed by atoms with Crippen molar-refractivity contribution in [1.29, 1.82) is 0 Å². The third-order valence-corrected chi connectivity index (χ3v) is 3.43. The van der Waals surface area contributed by atoms with Crippen molar-refractivity contribution >= 4 is 17.8 Å². The second-order valence-electron chi connectivity index (χ2n) is 5.43. The minimum absolute atomic E-state index is 0.173. The molecule has 0 aromatic rings. The third-order valence-electron chi connectivity index (χ3n) is 3.43. The molecule has 0 aliphatic carbocycles. The molecule has 2 aliphatic rings. The smallest absolute Gasteiger partial charge is 0.325 e. The van der Waals surface area contributed by atoms with Crippen LogP contribution in [0.1, 0.15) is 20.3 Å². The number of nitrogens with one attached hydrogen (secondary N) is 2. The lowest BCUT2D eigenvalue weighted by Crippen LogP contribution is -2.45. The largest absolute Gasteiger partial charge is 0.340 e. The van der Waals surface area contributed by atoms with Gasteiger partial charge in [-0.15, -0.1) is 0 Å². The predicted octanol–water partition coefficient (Wildman–Crippen LogP) is -0.861. The van der Waals surface area contributed by atoms with Crippen LogP contribution < -0.4 is 10.6 Å². The van der Waals surface area contributed by atoms with E-state index in [1.54, 1.807) is 18.7 Å². The number of hydrogen-bond donors (Lipinski definition) is 2. The van der Waals surface area contributed by atoms with Gasteiger partial charge in [-0.05, 0) is 26.8 Å². The van der Waals surface area contributed by atoms with Crippen LogP contribution in [0.5, 0.6) is 0 Å². The van der Waals surface area contributed by atoms with Crippen LogP contribution in [0.4, 0.5) is 4.79 Å². The van der Waals surface area contributed by atoms with E-state index in [1.807, 2.05) is 0 Å². The number of urea groups is 1. The molecule has 0 saturated carbocycles. The highest BCUT2D eigenvalue weighted by atomic mass is 16.2. The zero-order valence-electron chi connectivity index (χ0n) is 11.4. The first kappa shape index (κ1) is 13.8. The molecule has 7 nitrogen and oxygen atoms in total. The molecule has 0 aromatic carbocycles. The van der Waals surface area contributed by atoms with Crippen LogP contribution >= 0.6 is 0 Å². The number of nitrogens with zero attached hydrogens (tertiary/aromatic N) is 2. The average Bonchev–Trinajstić information content (AvgIpc) is 2.58. The van der Waals surface area contributed by atoms with Gasteiger partial charge in [-0.25, -0.2) is 4.79 Å². The van der Waals surface area contributed by atoms with Crippen molar-refractivity contribution in [2.75, 3.05) is 32.7 Å². The van der Waals surface area contributed by atoms with Gasteiger partial charge in [0.1, 0.15) is 12.1 Å². The Balaban J connectivity index is 1.98.